The van der Waals surface area contributed by atoms with E-state index in [9.17, 15) is 4.79 Å². The van der Waals surface area contributed by atoms with Crippen LogP contribution in [0.15, 0.2) is 53.1 Å². The summed E-state index contributed by atoms with van der Waals surface area (Å²) in [6, 6.07) is 14.2. The monoisotopic (exact) mass is 401 g/mol. The lowest BCUT2D eigenvalue weighted by Gasteiger charge is -2.20. The minimum Gasteiger partial charge on any atom is -0.497 e. The lowest BCUT2D eigenvalue weighted by Crippen LogP contribution is -2.37. The molecule has 0 radical (unpaired) electrons. The SMILES string of the molecule is COc1ccc(-c2noc(CN(C)C(=O)C(C)Oc3cccc(Cl)c3)n2)cc1. The zero-order chi connectivity index (χ0) is 20.1. The van der Waals surface area contributed by atoms with Crippen molar-refractivity contribution >= 4 is 17.5 Å². The molecule has 0 N–H and O–H groups in total. The Bertz CT molecular complexity index is 943. The molecule has 1 atom stereocenters. The maximum atomic E-state index is 12.5. The van der Waals surface area contributed by atoms with Crippen molar-refractivity contribution in [1.29, 1.82) is 0 Å². The van der Waals surface area contributed by atoms with Gasteiger partial charge in [0.1, 0.15) is 11.5 Å². The molecule has 0 aliphatic heterocycles. The van der Waals surface area contributed by atoms with E-state index in [1.165, 1.54) is 4.90 Å². The summed E-state index contributed by atoms with van der Waals surface area (Å²) >= 11 is 5.94. The number of ether oxygens (including phenoxy) is 2. The molecule has 0 aliphatic rings. The predicted molar refractivity (Wildman–Crippen MR) is 104 cm³/mol. The molecule has 1 heterocycles. The molecule has 1 aromatic heterocycles. The van der Waals surface area contributed by atoms with Gasteiger partial charge in [-0.25, -0.2) is 0 Å². The van der Waals surface area contributed by atoms with Crippen molar-refractivity contribution in [2.45, 2.75) is 19.6 Å². The molecule has 0 fully saturated rings. The number of nitrogens with zero attached hydrogens (tertiary/aromatic N) is 3. The van der Waals surface area contributed by atoms with Crippen molar-refractivity contribution in [2.75, 3.05) is 14.2 Å². The second-order valence-electron chi connectivity index (χ2n) is 6.15. The number of methoxy groups -OCH3 is 1. The normalized spacial score (nSPS) is 11.7. The van der Waals surface area contributed by atoms with Crippen LogP contribution < -0.4 is 9.47 Å². The number of hydrogen-bond acceptors (Lipinski definition) is 6. The summed E-state index contributed by atoms with van der Waals surface area (Å²) in [5.74, 6) is 1.83. The largest absolute Gasteiger partial charge is 0.497 e. The van der Waals surface area contributed by atoms with Gasteiger partial charge in [0.25, 0.3) is 5.91 Å². The Morgan fingerprint density at radius 2 is 1.96 bits per heavy atom. The molecule has 1 unspecified atom stereocenters. The first-order valence-corrected chi connectivity index (χ1v) is 8.98. The number of benzene rings is 2. The van der Waals surface area contributed by atoms with Gasteiger partial charge in [-0.2, -0.15) is 4.98 Å². The fraction of sp³-hybridized carbons (Fsp3) is 0.250. The van der Waals surface area contributed by atoms with Gasteiger partial charge in [0.2, 0.25) is 11.7 Å². The summed E-state index contributed by atoms with van der Waals surface area (Å²) in [5.41, 5.74) is 0.794. The van der Waals surface area contributed by atoms with Gasteiger partial charge in [0, 0.05) is 17.6 Å². The Labute approximate surface area is 167 Å². The molecule has 1 amide bonds. The summed E-state index contributed by atoms with van der Waals surface area (Å²) in [7, 11) is 3.25. The quantitative estimate of drug-likeness (QED) is 0.598. The molecule has 0 bridgehead atoms. The van der Waals surface area contributed by atoms with E-state index in [0.29, 0.717) is 22.5 Å². The van der Waals surface area contributed by atoms with Crippen molar-refractivity contribution in [1.82, 2.24) is 15.0 Å². The minimum absolute atomic E-state index is 0.172. The number of halogens is 1. The van der Waals surface area contributed by atoms with Crippen molar-refractivity contribution in [3.63, 3.8) is 0 Å². The number of likely N-dealkylation sites (N-methyl/N-ethyl adjacent to an activating group) is 1. The molecule has 2 aromatic carbocycles. The standard InChI is InChI=1S/C20H20ClN3O4/c1-13(27-17-6-4-5-15(21)11-17)20(25)24(2)12-18-22-19(23-28-18)14-7-9-16(26-3)10-8-14/h4-11,13H,12H2,1-3H3. The molecule has 7 nitrogen and oxygen atoms in total. The van der Waals surface area contributed by atoms with Gasteiger partial charge in [-0.1, -0.05) is 22.8 Å². The van der Waals surface area contributed by atoms with Crippen LogP contribution in [0.2, 0.25) is 5.02 Å². The van der Waals surface area contributed by atoms with Crippen LogP contribution in [0, 0.1) is 0 Å². The fourth-order valence-electron chi connectivity index (χ4n) is 2.56. The maximum absolute atomic E-state index is 12.5. The van der Waals surface area contributed by atoms with Crippen molar-refractivity contribution in [3.8, 4) is 22.9 Å². The fourth-order valence-corrected chi connectivity index (χ4v) is 2.74. The van der Waals surface area contributed by atoms with E-state index in [1.54, 1.807) is 45.3 Å². The number of carbonyl (C=O) groups excluding carboxylic acids is 1. The van der Waals surface area contributed by atoms with Crippen LogP contribution in [0.25, 0.3) is 11.4 Å². The van der Waals surface area contributed by atoms with Crippen LogP contribution in [0.4, 0.5) is 0 Å². The van der Waals surface area contributed by atoms with E-state index in [0.717, 1.165) is 11.3 Å². The topological polar surface area (TPSA) is 77.7 Å². The van der Waals surface area contributed by atoms with Gasteiger partial charge in [-0.05, 0) is 49.4 Å². The van der Waals surface area contributed by atoms with E-state index >= 15 is 0 Å². The van der Waals surface area contributed by atoms with Crippen LogP contribution in [-0.2, 0) is 11.3 Å². The third-order valence-electron chi connectivity index (χ3n) is 4.02. The number of aromatic nitrogens is 2. The molecule has 8 heteroatoms. The van der Waals surface area contributed by atoms with E-state index in [4.69, 9.17) is 25.6 Å². The van der Waals surface area contributed by atoms with Gasteiger partial charge >= 0.3 is 0 Å². The maximum Gasteiger partial charge on any atom is 0.263 e. The molecular weight excluding hydrogens is 382 g/mol. The van der Waals surface area contributed by atoms with Crippen molar-refractivity contribution in [2.24, 2.45) is 0 Å². The van der Waals surface area contributed by atoms with E-state index in [2.05, 4.69) is 10.1 Å². The number of amides is 1. The van der Waals surface area contributed by atoms with Crippen LogP contribution in [-0.4, -0.2) is 41.2 Å². The zero-order valence-corrected chi connectivity index (χ0v) is 16.5. The van der Waals surface area contributed by atoms with Crippen molar-refractivity contribution < 1.29 is 18.8 Å². The van der Waals surface area contributed by atoms with E-state index in [1.807, 2.05) is 24.3 Å². The molecule has 0 aliphatic carbocycles. The minimum atomic E-state index is -0.688. The summed E-state index contributed by atoms with van der Waals surface area (Å²) in [4.78, 5) is 18.4. The lowest BCUT2D eigenvalue weighted by atomic mass is 10.2. The van der Waals surface area contributed by atoms with Crippen LogP contribution in [0.5, 0.6) is 11.5 Å². The Kier molecular flexibility index (Phi) is 6.16. The summed E-state index contributed by atoms with van der Waals surface area (Å²) in [6.07, 6.45) is -0.688. The Hall–Kier alpha value is -3.06. The van der Waals surface area contributed by atoms with Crippen molar-refractivity contribution in [3.05, 3.63) is 59.4 Å². The third kappa shape index (κ3) is 4.80. The molecular formula is C20H20ClN3O4. The highest BCUT2D eigenvalue weighted by Gasteiger charge is 2.21. The first-order valence-electron chi connectivity index (χ1n) is 8.60. The summed E-state index contributed by atoms with van der Waals surface area (Å²) in [5, 5.41) is 4.51. The molecule has 0 spiro atoms. The smallest absolute Gasteiger partial charge is 0.263 e. The highest BCUT2D eigenvalue weighted by atomic mass is 35.5. The average Bonchev–Trinajstić information content (AvgIpc) is 3.15. The Morgan fingerprint density at radius 3 is 2.64 bits per heavy atom. The zero-order valence-electron chi connectivity index (χ0n) is 15.8. The summed E-state index contributed by atoms with van der Waals surface area (Å²) < 4.78 is 16.1. The first-order chi connectivity index (χ1) is 13.5. The number of rotatable bonds is 7. The Balaban J connectivity index is 1.61. The second kappa shape index (κ2) is 8.75. The van der Waals surface area contributed by atoms with Crippen LogP contribution in [0.3, 0.4) is 0 Å². The van der Waals surface area contributed by atoms with Gasteiger partial charge in [0.15, 0.2) is 6.10 Å². The predicted octanol–water partition coefficient (Wildman–Crippen LogP) is 3.82. The molecule has 3 rings (SSSR count). The van der Waals surface area contributed by atoms with E-state index in [-0.39, 0.29) is 12.5 Å². The highest BCUT2D eigenvalue weighted by molar-refractivity contribution is 6.30. The number of hydrogen-bond donors (Lipinski definition) is 0. The average molecular weight is 402 g/mol. The molecule has 146 valence electrons. The molecule has 0 saturated heterocycles. The molecule has 3 aromatic rings. The first kappa shape index (κ1) is 19.7. The van der Waals surface area contributed by atoms with Gasteiger partial charge in [-0.15, -0.1) is 0 Å². The number of carbonyl (C=O) groups is 1. The third-order valence-corrected chi connectivity index (χ3v) is 4.26. The Morgan fingerprint density at radius 1 is 1.21 bits per heavy atom. The van der Waals surface area contributed by atoms with Crippen LogP contribution >= 0.6 is 11.6 Å². The van der Waals surface area contributed by atoms with Gasteiger partial charge in [-0.3, -0.25) is 4.79 Å². The molecule has 0 saturated carbocycles. The van der Waals surface area contributed by atoms with Gasteiger partial charge < -0.3 is 18.9 Å². The van der Waals surface area contributed by atoms with Gasteiger partial charge in [0.05, 0.1) is 13.7 Å². The lowest BCUT2D eigenvalue weighted by molar-refractivity contribution is -0.137. The highest BCUT2D eigenvalue weighted by Crippen LogP contribution is 2.21. The molecule has 28 heavy (non-hydrogen) atoms. The second-order valence-corrected chi connectivity index (χ2v) is 6.59. The van der Waals surface area contributed by atoms with E-state index < -0.39 is 6.10 Å². The summed E-state index contributed by atoms with van der Waals surface area (Å²) in [6.45, 7) is 1.85. The van der Waals surface area contributed by atoms with Crippen LogP contribution in [0.1, 0.15) is 12.8 Å².